The average Bonchev–Trinajstić information content (AvgIpc) is 2.80. The normalized spacial score (nSPS) is 35.3. The second kappa shape index (κ2) is 6.75. The van der Waals surface area contributed by atoms with Crippen LogP contribution in [0.4, 0.5) is 0 Å². The quantitative estimate of drug-likeness (QED) is 0.792. The van der Waals surface area contributed by atoms with Crippen LogP contribution in [0.1, 0.15) is 51.9 Å². The number of hydrogen-bond acceptors (Lipinski definition) is 2. The fourth-order valence-electron chi connectivity index (χ4n) is 3.86. The molecule has 1 heterocycles. The van der Waals surface area contributed by atoms with Crippen molar-refractivity contribution in [2.75, 3.05) is 26.7 Å². The zero-order valence-electron chi connectivity index (χ0n) is 11.8. The van der Waals surface area contributed by atoms with Crippen LogP contribution >= 0.6 is 0 Å². The molecular weight excluding hydrogens is 208 g/mol. The molecule has 0 radical (unpaired) electrons. The Labute approximate surface area is 107 Å². The predicted octanol–water partition coefficient (Wildman–Crippen LogP) is 2.89. The molecule has 1 aliphatic heterocycles. The van der Waals surface area contributed by atoms with E-state index in [1.165, 1.54) is 64.6 Å². The lowest BCUT2D eigenvalue weighted by molar-refractivity contribution is 0.156. The third-order valence-corrected chi connectivity index (χ3v) is 4.84. The highest BCUT2D eigenvalue weighted by Gasteiger charge is 2.30. The molecule has 2 fully saturated rings. The van der Waals surface area contributed by atoms with Crippen molar-refractivity contribution in [3.05, 3.63) is 0 Å². The van der Waals surface area contributed by atoms with Crippen LogP contribution in [-0.4, -0.2) is 37.6 Å². The highest BCUT2D eigenvalue weighted by molar-refractivity contribution is 4.85. The first-order valence-electron chi connectivity index (χ1n) is 7.72. The van der Waals surface area contributed by atoms with Gasteiger partial charge in [0.1, 0.15) is 0 Å². The van der Waals surface area contributed by atoms with Crippen molar-refractivity contribution in [3.63, 3.8) is 0 Å². The minimum Gasteiger partial charge on any atom is -0.319 e. The van der Waals surface area contributed by atoms with Gasteiger partial charge in [-0.15, -0.1) is 0 Å². The van der Waals surface area contributed by atoms with Crippen LogP contribution in [0, 0.1) is 11.8 Å². The maximum atomic E-state index is 3.33. The van der Waals surface area contributed by atoms with Gasteiger partial charge in [0.25, 0.3) is 0 Å². The molecule has 0 aromatic heterocycles. The molecule has 2 aliphatic rings. The highest BCUT2D eigenvalue weighted by Crippen LogP contribution is 2.32. The first-order valence-corrected chi connectivity index (χ1v) is 7.72. The van der Waals surface area contributed by atoms with Gasteiger partial charge in [-0.1, -0.05) is 19.8 Å². The Hall–Kier alpha value is -0.0800. The van der Waals surface area contributed by atoms with Crippen molar-refractivity contribution in [2.45, 2.75) is 57.9 Å². The molecule has 2 rings (SSSR count). The summed E-state index contributed by atoms with van der Waals surface area (Å²) in [6.45, 7) is 6.25. The van der Waals surface area contributed by atoms with Crippen molar-refractivity contribution in [3.8, 4) is 0 Å². The number of nitrogens with one attached hydrogen (secondary N) is 1. The molecule has 2 nitrogen and oxygen atoms in total. The van der Waals surface area contributed by atoms with Crippen LogP contribution < -0.4 is 5.32 Å². The fraction of sp³-hybridized carbons (Fsp3) is 1.00. The highest BCUT2D eigenvalue weighted by atomic mass is 15.2. The van der Waals surface area contributed by atoms with Gasteiger partial charge < -0.3 is 10.2 Å². The van der Waals surface area contributed by atoms with Crippen LogP contribution in [0.3, 0.4) is 0 Å². The molecule has 0 amide bonds. The van der Waals surface area contributed by atoms with E-state index in [4.69, 9.17) is 0 Å². The van der Waals surface area contributed by atoms with E-state index in [1.807, 2.05) is 0 Å². The van der Waals surface area contributed by atoms with Gasteiger partial charge in [-0.25, -0.2) is 0 Å². The summed E-state index contributed by atoms with van der Waals surface area (Å²) >= 11 is 0. The molecule has 0 aromatic carbocycles. The molecule has 1 N–H and O–H groups in total. The van der Waals surface area contributed by atoms with Crippen molar-refractivity contribution in [1.29, 1.82) is 0 Å². The van der Waals surface area contributed by atoms with E-state index in [2.05, 4.69) is 24.2 Å². The van der Waals surface area contributed by atoms with Crippen molar-refractivity contribution in [1.82, 2.24) is 10.2 Å². The van der Waals surface area contributed by atoms with Crippen molar-refractivity contribution < 1.29 is 0 Å². The van der Waals surface area contributed by atoms with Crippen LogP contribution in [0.25, 0.3) is 0 Å². The lowest BCUT2D eigenvalue weighted by atomic mass is 9.83. The summed E-state index contributed by atoms with van der Waals surface area (Å²) in [4.78, 5) is 2.78. The Morgan fingerprint density at radius 2 is 1.82 bits per heavy atom. The van der Waals surface area contributed by atoms with Gasteiger partial charge in [-0.05, 0) is 64.1 Å². The Morgan fingerprint density at radius 3 is 2.47 bits per heavy atom. The number of rotatable bonds is 5. The Bertz CT molecular complexity index is 209. The molecule has 1 atom stereocenters. The number of hydrogen-bond donors (Lipinski definition) is 1. The molecule has 0 bridgehead atoms. The molecule has 1 saturated heterocycles. The van der Waals surface area contributed by atoms with Gasteiger partial charge in [0.15, 0.2) is 0 Å². The minimum atomic E-state index is 0.911. The van der Waals surface area contributed by atoms with E-state index < -0.39 is 0 Å². The summed E-state index contributed by atoms with van der Waals surface area (Å²) in [5.41, 5.74) is 0. The molecule has 0 spiro atoms. The maximum Gasteiger partial charge on any atom is 0.00955 e. The summed E-state index contributed by atoms with van der Waals surface area (Å²) < 4.78 is 0. The zero-order chi connectivity index (χ0) is 12.1. The van der Waals surface area contributed by atoms with Crippen LogP contribution in [-0.2, 0) is 0 Å². The second-order valence-corrected chi connectivity index (χ2v) is 6.17. The standard InChI is InChI=1S/C15H30N2/c1-3-4-13-5-7-15(8-6-13)17-10-9-14(12-17)11-16-2/h13-16H,3-12H2,1-2H3. The van der Waals surface area contributed by atoms with Crippen LogP contribution in [0.2, 0.25) is 0 Å². The second-order valence-electron chi connectivity index (χ2n) is 6.17. The Morgan fingerprint density at radius 1 is 1.06 bits per heavy atom. The first-order chi connectivity index (χ1) is 8.33. The van der Waals surface area contributed by atoms with E-state index in [-0.39, 0.29) is 0 Å². The molecule has 0 aromatic rings. The molecule has 100 valence electrons. The summed E-state index contributed by atoms with van der Waals surface area (Å²) in [5.74, 6) is 1.96. The smallest absolute Gasteiger partial charge is 0.00955 e. The third kappa shape index (κ3) is 3.69. The number of likely N-dealkylation sites (tertiary alicyclic amines) is 1. The van der Waals surface area contributed by atoms with E-state index in [1.54, 1.807) is 0 Å². The molecule has 2 heteroatoms. The fourth-order valence-corrected chi connectivity index (χ4v) is 3.86. The van der Waals surface area contributed by atoms with Gasteiger partial charge in [-0.2, -0.15) is 0 Å². The van der Waals surface area contributed by atoms with Gasteiger partial charge >= 0.3 is 0 Å². The molecule has 17 heavy (non-hydrogen) atoms. The number of nitrogens with zero attached hydrogens (tertiary/aromatic N) is 1. The van der Waals surface area contributed by atoms with Crippen LogP contribution in [0.5, 0.6) is 0 Å². The first kappa shape index (κ1) is 13.4. The third-order valence-electron chi connectivity index (χ3n) is 4.84. The summed E-state index contributed by atoms with van der Waals surface area (Å²) in [5, 5.41) is 3.33. The van der Waals surface area contributed by atoms with Gasteiger partial charge in [0, 0.05) is 12.6 Å². The molecular formula is C15H30N2. The largest absolute Gasteiger partial charge is 0.319 e. The molecule has 1 unspecified atom stereocenters. The Balaban J connectivity index is 1.70. The maximum absolute atomic E-state index is 3.33. The van der Waals surface area contributed by atoms with Crippen LogP contribution in [0.15, 0.2) is 0 Å². The van der Waals surface area contributed by atoms with Crippen molar-refractivity contribution in [2.24, 2.45) is 11.8 Å². The molecule has 1 aliphatic carbocycles. The van der Waals surface area contributed by atoms with Gasteiger partial charge in [-0.3, -0.25) is 0 Å². The predicted molar refractivity (Wildman–Crippen MR) is 74.3 cm³/mol. The van der Waals surface area contributed by atoms with Crippen molar-refractivity contribution >= 4 is 0 Å². The summed E-state index contributed by atoms with van der Waals surface area (Å²) in [6, 6.07) is 0.921. The summed E-state index contributed by atoms with van der Waals surface area (Å²) in [6.07, 6.45) is 10.2. The van der Waals surface area contributed by atoms with E-state index in [0.29, 0.717) is 0 Å². The lowest BCUT2D eigenvalue weighted by Gasteiger charge is -2.34. The van der Waals surface area contributed by atoms with E-state index >= 15 is 0 Å². The van der Waals surface area contributed by atoms with E-state index in [9.17, 15) is 0 Å². The molecule has 1 saturated carbocycles. The summed E-state index contributed by atoms with van der Waals surface area (Å²) in [7, 11) is 2.08. The SMILES string of the molecule is CCCC1CCC(N2CCC(CNC)C2)CC1. The average molecular weight is 238 g/mol. The zero-order valence-corrected chi connectivity index (χ0v) is 11.8. The monoisotopic (exact) mass is 238 g/mol. The van der Waals surface area contributed by atoms with E-state index in [0.717, 1.165) is 17.9 Å². The van der Waals surface area contributed by atoms with Gasteiger partial charge in [0.05, 0.1) is 0 Å². The van der Waals surface area contributed by atoms with Gasteiger partial charge in [0.2, 0.25) is 0 Å². The lowest BCUT2D eigenvalue weighted by Crippen LogP contribution is -2.37. The Kier molecular flexibility index (Phi) is 5.30. The minimum absolute atomic E-state index is 0.911. The topological polar surface area (TPSA) is 15.3 Å².